The van der Waals surface area contributed by atoms with Crippen LogP contribution in [0.3, 0.4) is 0 Å². The molecule has 1 aliphatic rings. The molecule has 1 aromatic carbocycles. The smallest absolute Gasteiger partial charge is 0.181 e. The first-order valence-electron chi connectivity index (χ1n) is 4.64. The van der Waals surface area contributed by atoms with Gasteiger partial charge in [0.2, 0.25) is 0 Å². The van der Waals surface area contributed by atoms with Crippen molar-refractivity contribution in [3.63, 3.8) is 0 Å². The maximum Gasteiger partial charge on any atom is 0.181 e. The summed E-state index contributed by atoms with van der Waals surface area (Å²) in [6, 6.07) is 9.35. The van der Waals surface area contributed by atoms with Crippen LogP contribution in [0.2, 0.25) is 0 Å². The second-order valence-corrected chi connectivity index (χ2v) is 3.29. The molecule has 2 rings (SSSR count). The monoisotopic (exact) mass is 174 g/mol. The number of rotatable bonds is 2. The van der Waals surface area contributed by atoms with E-state index in [0.29, 0.717) is 0 Å². The topological polar surface area (TPSA) is 31.2 Å². The Balaban J connectivity index is 2.13. The Bertz CT molecular complexity index is 288. The summed E-state index contributed by atoms with van der Waals surface area (Å²) in [5.74, 6) is 0.179. The maximum atomic E-state index is 11.8. The molecule has 0 spiro atoms. The summed E-state index contributed by atoms with van der Waals surface area (Å²) < 4.78 is 0. The van der Waals surface area contributed by atoms with Crippen LogP contribution in [0.5, 0.6) is 0 Å². The minimum atomic E-state index is -0.0672. The lowest BCUT2D eigenvalue weighted by molar-refractivity contribution is 0.0951. The van der Waals surface area contributed by atoms with Gasteiger partial charge in [0, 0.05) is 12.1 Å². The summed E-state index contributed by atoms with van der Waals surface area (Å²) >= 11 is 0. The van der Waals surface area contributed by atoms with Gasteiger partial charge < -0.3 is 0 Å². The fraction of sp³-hybridized carbons (Fsp3) is 0.364. The van der Waals surface area contributed by atoms with Crippen molar-refractivity contribution in [2.45, 2.75) is 18.9 Å². The number of hydrogen-bond donors (Lipinski definition) is 0. The molecule has 1 aliphatic heterocycles. The molecule has 1 radical (unpaired) electrons. The molecule has 0 bridgehead atoms. The van der Waals surface area contributed by atoms with Gasteiger partial charge in [-0.1, -0.05) is 30.3 Å². The molecule has 0 N–H and O–H groups in total. The minimum absolute atomic E-state index is 0.0672. The number of carbonyl (C=O) groups excluding carboxylic acids is 1. The van der Waals surface area contributed by atoms with Crippen molar-refractivity contribution < 1.29 is 4.79 Å². The van der Waals surface area contributed by atoms with Crippen molar-refractivity contribution in [3.8, 4) is 0 Å². The first-order chi connectivity index (χ1) is 6.38. The highest BCUT2D eigenvalue weighted by atomic mass is 16.1. The fourth-order valence-corrected chi connectivity index (χ4v) is 1.63. The molecule has 0 saturated carbocycles. The van der Waals surface area contributed by atoms with E-state index in [9.17, 15) is 4.79 Å². The van der Waals surface area contributed by atoms with E-state index in [4.69, 9.17) is 0 Å². The Morgan fingerprint density at radius 3 is 2.69 bits per heavy atom. The van der Waals surface area contributed by atoms with E-state index in [1.54, 1.807) is 0 Å². The van der Waals surface area contributed by atoms with Gasteiger partial charge in [0.05, 0.1) is 6.04 Å². The standard InChI is InChI=1S/C11H12NO/c13-11(10-7-4-8-12-10)9-5-2-1-3-6-9/h1-3,5-6,10H,4,7-8H2. The molecule has 2 heteroatoms. The van der Waals surface area contributed by atoms with E-state index in [-0.39, 0.29) is 11.8 Å². The molecule has 13 heavy (non-hydrogen) atoms. The van der Waals surface area contributed by atoms with E-state index >= 15 is 0 Å². The first-order valence-corrected chi connectivity index (χ1v) is 4.64. The van der Waals surface area contributed by atoms with Gasteiger partial charge in [-0.25, -0.2) is 5.32 Å². The maximum absolute atomic E-state index is 11.8. The SMILES string of the molecule is O=C(c1ccccc1)C1CCC[N]1. The number of nitrogens with zero attached hydrogens (tertiary/aromatic N) is 1. The molecule has 2 nitrogen and oxygen atoms in total. The fourth-order valence-electron chi connectivity index (χ4n) is 1.63. The van der Waals surface area contributed by atoms with Gasteiger partial charge in [0.15, 0.2) is 5.78 Å². The predicted octanol–water partition coefficient (Wildman–Crippen LogP) is 1.64. The Labute approximate surface area is 78.0 Å². The van der Waals surface area contributed by atoms with Crippen molar-refractivity contribution in [2.75, 3.05) is 6.54 Å². The molecule has 0 aliphatic carbocycles. The lowest BCUT2D eigenvalue weighted by Gasteiger charge is -2.06. The zero-order chi connectivity index (χ0) is 9.10. The minimum Gasteiger partial charge on any atom is -0.292 e. The number of ketones is 1. The highest BCUT2D eigenvalue weighted by Gasteiger charge is 2.23. The zero-order valence-electron chi connectivity index (χ0n) is 7.44. The van der Waals surface area contributed by atoms with E-state index in [1.165, 1.54) is 0 Å². The highest BCUT2D eigenvalue weighted by molar-refractivity contribution is 6.00. The van der Waals surface area contributed by atoms with Crippen LogP contribution in [0.25, 0.3) is 0 Å². The van der Waals surface area contributed by atoms with Crippen molar-refractivity contribution in [1.29, 1.82) is 0 Å². The Morgan fingerprint density at radius 2 is 2.08 bits per heavy atom. The molecule has 67 valence electrons. The highest BCUT2D eigenvalue weighted by Crippen LogP contribution is 2.13. The van der Waals surface area contributed by atoms with Crippen LogP contribution < -0.4 is 5.32 Å². The summed E-state index contributed by atoms with van der Waals surface area (Å²) in [5, 5.41) is 4.26. The molecule has 1 heterocycles. The average Bonchev–Trinajstić information content (AvgIpc) is 2.71. The molecular formula is C11H12NO. The molecule has 1 atom stereocenters. The van der Waals surface area contributed by atoms with Gasteiger partial charge in [-0.3, -0.25) is 4.79 Å². The largest absolute Gasteiger partial charge is 0.292 e. The molecule has 0 amide bonds. The van der Waals surface area contributed by atoms with Crippen molar-refractivity contribution in [2.24, 2.45) is 0 Å². The van der Waals surface area contributed by atoms with E-state index in [2.05, 4.69) is 5.32 Å². The van der Waals surface area contributed by atoms with Gasteiger partial charge >= 0.3 is 0 Å². The zero-order valence-corrected chi connectivity index (χ0v) is 7.44. The number of benzene rings is 1. The van der Waals surface area contributed by atoms with E-state index in [0.717, 1.165) is 24.9 Å². The van der Waals surface area contributed by atoms with Gasteiger partial charge in [0.1, 0.15) is 0 Å². The number of hydrogen-bond acceptors (Lipinski definition) is 1. The van der Waals surface area contributed by atoms with Crippen LogP contribution in [0, 0.1) is 0 Å². The Kier molecular flexibility index (Phi) is 2.41. The third-order valence-electron chi connectivity index (χ3n) is 2.35. The quantitative estimate of drug-likeness (QED) is 0.627. The molecule has 1 aromatic rings. The van der Waals surface area contributed by atoms with E-state index in [1.807, 2.05) is 30.3 Å². The Hall–Kier alpha value is -1.15. The van der Waals surface area contributed by atoms with Crippen molar-refractivity contribution in [3.05, 3.63) is 35.9 Å². The third-order valence-corrected chi connectivity index (χ3v) is 2.35. The second kappa shape index (κ2) is 3.71. The molecular weight excluding hydrogens is 162 g/mol. The number of carbonyl (C=O) groups is 1. The lowest BCUT2D eigenvalue weighted by atomic mass is 10.0. The summed E-state index contributed by atoms with van der Waals surface area (Å²) in [4.78, 5) is 11.8. The molecule has 1 saturated heterocycles. The predicted molar refractivity (Wildman–Crippen MR) is 50.8 cm³/mol. The van der Waals surface area contributed by atoms with Crippen molar-refractivity contribution in [1.82, 2.24) is 5.32 Å². The van der Waals surface area contributed by atoms with Gasteiger partial charge in [0.25, 0.3) is 0 Å². The Morgan fingerprint density at radius 1 is 1.31 bits per heavy atom. The van der Waals surface area contributed by atoms with Gasteiger partial charge in [-0.05, 0) is 12.8 Å². The lowest BCUT2D eigenvalue weighted by Crippen LogP contribution is -2.25. The van der Waals surface area contributed by atoms with Crippen LogP contribution >= 0.6 is 0 Å². The summed E-state index contributed by atoms with van der Waals surface area (Å²) in [5.41, 5.74) is 0.790. The van der Waals surface area contributed by atoms with E-state index < -0.39 is 0 Å². The van der Waals surface area contributed by atoms with Gasteiger partial charge in [-0.15, -0.1) is 0 Å². The van der Waals surface area contributed by atoms with Crippen LogP contribution in [-0.4, -0.2) is 18.4 Å². The van der Waals surface area contributed by atoms with Gasteiger partial charge in [-0.2, -0.15) is 0 Å². The number of Topliss-reactive ketones (excluding diaryl/α,β-unsaturated/α-hetero) is 1. The first kappa shape index (κ1) is 8.45. The summed E-state index contributed by atoms with van der Waals surface area (Å²) in [6.07, 6.45) is 1.98. The normalized spacial score (nSPS) is 21.7. The molecule has 1 unspecified atom stereocenters. The molecule has 0 aromatic heterocycles. The molecule has 1 fully saturated rings. The van der Waals surface area contributed by atoms with Crippen LogP contribution in [0.15, 0.2) is 30.3 Å². The van der Waals surface area contributed by atoms with Crippen LogP contribution in [-0.2, 0) is 0 Å². The second-order valence-electron chi connectivity index (χ2n) is 3.29. The summed E-state index contributed by atoms with van der Waals surface area (Å²) in [6.45, 7) is 0.850. The van der Waals surface area contributed by atoms with Crippen LogP contribution in [0.1, 0.15) is 23.2 Å². The van der Waals surface area contributed by atoms with Crippen LogP contribution in [0.4, 0.5) is 0 Å². The summed E-state index contributed by atoms with van der Waals surface area (Å²) in [7, 11) is 0. The average molecular weight is 174 g/mol. The third kappa shape index (κ3) is 1.78. The van der Waals surface area contributed by atoms with Crippen molar-refractivity contribution >= 4 is 5.78 Å².